The number of nitrogens with zero attached hydrogens (tertiary/aromatic N) is 1. The number of anilines is 1. The van der Waals surface area contributed by atoms with Gasteiger partial charge in [-0.05, 0) is 41.7 Å². The maximum Gasteiger partial charge on any atom is 0.269 e. The van der Waals surface area contributed by atoms with Crippen molar-refractivity contribution in [2.24, 2.45) is 5.92 Å². The van der Waals surface area contributed by atoms with Gasteiger partial charge in [0.15, 0.2) is 0 Å². The molecule has 0 saturated carbocycles. The molecule has 0 unspecified atom stereocenters. The fraction of sp³-hybridized carbons (Fsp3) is 0.250. The summed E-state index contributed by atoms with van der Waals surface area (Å²) in [6.45, 7) is 4.31. The summed E-state index contributed by atoms with van der Waals surface area (Å²) < 4.78 is 0. The summed E-state index contributed by atoms with van der Waals surface area (Å²) in [6.07, 6.45) is 0.928. The van der Waals surface area contributed by atoms with Crippen LogP contribution in [0.25, 0.3) is 11.1 Å². The number of benzene rings is 2. The fourth-order valence-electron chi connectivity index (χ4n) is 2.33. The van der Waals surface area contributed by atoms with Crippen LogP contribution in [0.3, 0.4) is 0 Å². The molecule has 2 N–H and O–H groups in total. The molecule has 0 fully saturated rings. The predicted molar refractivity (Wildman–Crippen MR) is 81.5 cm³/mol. The van der Waals surface area contributed by atoms with Gasteiger partial charge >= 0.3 is 0 Å². The van der Waals surface area contributed by atoms with Gasteiger partial charge in [0.05, 0.1) is 4.92 Å². The highest BCUT2D eigenvalue weighted by Gasteiger charge is 2.12. The molecule has 0 aliphatic heterocycles. The zero-order valence-electron chi connectivity index (χ0n) is 11.7. The van der Waals surface area contributed by atoms with E-state index in [0.717, 1.165) is 17.5 Å². The summed E-state index contributed by atoms with van der Waals surface area (Å²) in [7, 11) is 0. The topological polar surface area (TPSA) is 69.2 Å². The van der Waals surface area contributed by atoms with Crippen LogP contribution in [0.15, 0.2) is 42.5 Å². The lowest BCUT2D eigenvalue weighted by Crippen LogP contribution is -2.00. The smallest absolute Gasteiger partial charge is 0.269 e. The Hall–Kier alpha value is -2.36. The van der Waals surface area contributed by atoms with Gasteiger partial charge in [0.2, 0.25) is 0 Å². The molecule has 0 radical (unpaired) electrons. The Bertz CT molecular complexity index is 619. The molecule has 0 aliphatic rings. The molecule has 20 heavy (non-hydrogen) atoms. The first-order chi connectivity index (χ1) is 9.49. The molecule has 104 valence electrons. The summed E-state index contributed by atoms with van der Waals surface area (Å²) in [5.74, 6) is 0.522. The number of nitro groups is 1. The van der Waals surface area contributed by atoms with Crippen molar-refractivity contribution in [2.75, 3.05) is 5.73 Å². The summed E-state index contributed by atoms with van der Waals surface area (Å²) in [5.41, 5.74) is 9.97. The summed E-state index contributed by atoms with van der Waals surface area (Å²) in [4.78, 5) is 10.3. The number of hydrogen-bond acceptors (Lipinski definition) is 3. The van der Waals surface area contributed by atoms with Crippen LogP contribution in [0.2, 0.25) is 0 Å². The Balaban J connectivity index is 2.48. The Morgan fingerprint density at radius 2 is 1.80 bits per heavy atom. The second kappa shape index (κ2) is 5.74. The second-order valence-electron chi connectivity index (χ2n) is 5.28. The van der Waals surface area contributed by atoms with Crippen LogP contribution >= 0.6 is 0 Å². The molecule has 0 amide bonds. The summed E-state index contributed by atoms with van der Waals surface area (Å²) >= 11 is 0. The normalized spacial score (nSPS) is 10.8. The molecule has 0 spiro atoms. The van der Waals surface area contributed by atoms with Crippen LogP contribution in [0.5, 0.6) is 0 Å². The van der Waals surface area contributed by atoms with Gasteiger partial charge < -0.3 is 5.73 Å². The highest BCUT2D eigenvalue weighted by atomic mass is 16.6. The van der Waals surface area contributed by atoms with Crippen molar-refractivity contribution >= 4 is 11.4 Å². The average Bonchev–Trinajstić information content (AvgIpc) is 2.38. The Morgan fingerprint density at radius 3 is 2.35 bits per heavy atom. The minimum Gasteiger partial charge on any atom is -0.398 e. The van der Waals surface area contributed by atoms with Crippen LogP contribution in [-0.4, -0.2) is 4.92 Å². The van der Waals surface area contributed by atoms with Crippen LogP contribution in [0.1, 0.15) is 19.4 Å². The Kier molecular flexibility index (Phi) is 4.03. The van der Waals surface area contributed by atoms with E-state index in [1.165, 1.54) is 17.7 Å². The van der Waals surface area contributed by atoms with Crippen LogP contribution < -0.4 is 5.73 Å². The van der Waals surface area contributed by atoms with Crippen LogP contribution in [-0.2, 0) is 6.42 Å². The van der Waals surface area contributed by atoms with E-state index in [9.17, 15) is 10.1 Å². The van der Waals surface area contributed by atoms with Gasteiger partial charge in [-0.25, -0.2) is 0 Å². The Labute approximate surface area is 118 Å². The maximum atomic E-state index is 10.7. The molecular formula is C16H18N2O2. The number of rotatable bonds is 4. The lowest BCUT2D eigenvalue weighted by molar-refractivity contribution is -0.384. The van der Waals surface area contributed by atoms with Crippen LogP contribution in [0.4, 0.5) is 11.4 Å². The first kappa shape index (κ1) is 14.1. The van der Waals surface area contributed by atoms with E-state index < -0.39 is 4.92 Å². The number of non-ortho nitro benzene ring substituents is 1. The van der Waals surface area contributed by atoms with Crippen molar-refractivity contribution in [3.63, 3.8) is 0 Å². The van der Waals surface area contributed by atoms with Gasteiger partial charge in [-0.15, -0.1) is 0 Å². The second-order valence-corrected chi connectivity index (χ2v) is 5.28. The summed E-state index contributed by atoms with van der Waals surface area (Å²) in [6, 6.07) is 12.4. The van der Waals surface area contributed by atoms with E-state index in [-0.39, 0.29) is 5.69 Å². The predicted octanol–water partition coefficient (Wildman–Crippen LogP) is 4.04. The van der Waals surface area contributed by atoms with Crippen LogP contribution in [0, 0.1) is 16.0 Å². The van der Waals surface area contributed by atoms with Gasteiger partial charge in [-0.2, -0.15) is 0 Å². The number of hydrogen-bond donors (Lipinski definition) is 1. The van der Waals surface area contributed by atoms with Gasteiger partial charge in [0, 0.05) is 23.4 Å². The zero-order chi connectivity index (χ0) is 14.7. The standard InChI is InChI=1S/C16H18N2O2/c1-11(2)10-13-4-3-5-15(17)16(13)12-6-8-14(9-7-12)18(19)20/h3-9,11H,10,17H2,1-2H3. The van der Waals surface area contributed by atoms with Crippen molar-refractivity contribution in [3.05, 3.63) is 58.1 Å². The molecule has 0 aliphatic carbocycles. The summed E-state index contributed by atoms with van der Waals surface area (Å²) in [5, 5.41) is 10.7. The number of nitrogen functional groups attached to an aromatic ring is 1. The van der Waals surface area contributed by atoms with Crippen molar-refractivity contribution < 1.29 is 4.92 Å². The molecule has 2 rings (SSSR count). The maximum absolute atomic E-state index is 10.7. The van der Waals surface area contributed by atoms with Crippen molar-refractivity contribution in [3.8, 4) is 11.1 Å². The molecule has 4 heteroatoms. The average molecular weight is 270 g/mol. The molecular weight excluding hydrogens is 252 g/mol. The minimum atomic E-state index is -0.396. The zero-order valence-corrected chi connectivity index (χ0v) is 11.7. The number of nitrogens with two attached hydrogens (primary N) is 1. The van der Waals surface area contributed by atoms with E-state index in [1.807, 2.05) is 12.1 Å². The minimum absolute atomic E-state index is 0.0914. The van der Waals surface area contributed by atoms with Gasteiger partial charge in [0.1, 0.15) is 0 Å². The van der Waals surface area contributed by atoms with Crippen molar-refractivity contribution in [1.82, 2.24) is 0 Å². The van der Waals surface area contributed by atoms with E-state index >= 15 is 0 Å². The molecule has 0 saturated heterocycles. The van der Waals surface area contributed by atoms with Gasteiger partial charge in [-0.3, -0.25) is 10.1 Å². The first-order valence-corrected chi connectivity index (χ1v) is 6.61. The fourth-order valence-corrected chi connectivity index (χ4v) is 2.33. The molecule has 0 aromatic heterocycles. The van der Waals surface area contributed by atoms with Crippen molar-refractivity contribution in [2.45, 2.75) is 20.3 Å². The first-order valence-electron chi connectivity index (χ1n) is 6.61. The highest BCUT2D eigenvalue weighted by molar-refractivity contribution is 5.79. The van der Waals surface area contributed by atoms with Gasteiger partial charge in [-0.1, -0.05) is 26.0 Å². The lowest BCUT2D eigenvalue weighted by atomic mass is 9.92. The highest BCUT2D eigenvalue weighted by Crippen LogP contribution is 2.32. The van der Waals surface area contributed by atoms with Crippen molar-refractivity contribution in [1.29, 1.82) is 0 Å². The van der Waals surface area contributed by atoms with E-state index in [1.54, 1.807) is 12.1 Å². The molecule has 0 bridgehead atoms. The lowest BCUT2D eigenvalue weighted by Gasteiger charge is -2.14. The van der Waals surface area contributed by atoms with E-state index in [4.69, 9.17) is 5.73 Å². The monoisotopic (exact) mass is 270 g/mol. The quantitative estimate of drug-likeness (QED) is 0.518. The van der Waals surface area contributed by atoms with E-state index in [2.05, 4.69) is 19.9 Å². The molecule has 4 nitrogen and oxygen atoms in total. The molecule has 0 atom stereocenters. The third-order valence-corrected chi connectivity index (χ3v) is 3.18. The SMILES string of the molecule is CC(C)Cc1cccc(N)c1-c1ccc([N+](=O)[O-])cc1. The molecule has 2 aromatic carbocycles. The third-order valence-electron chi connectivity index (χ3n) is 3.18. The van der Waals surface area contributed by atoms with E-state index in [0.29, 0.717) is 11.6 Å². The molecule has 2 aromatic rings. The third kappa shape index (κ3) is 2.96. The number of nitro benzene ring substituents is 1. The molecule has 0 heterocycles. The largest absolute Gasteiger partial charge is 0.398 e. The Morgan fingerprint density at radius 1 is 1.15 bits per heavy atom. The van der Waals surface area contributed by atoms with Gasteiger partial charge in [0.25, 0.3) is 5.69 Å².